The number of benzene rings is 1. The lowest BCUT2D eigenvalue weighted by Crippen LogP contribution is -2.20. The van der Waals surface area contributed by atoms with Gasteiger partial charge in [-0.05, 0) is 35.7 Å². The van der Waals surface area contributed by atoms with Crippen molar-refractivity contribution in [2.75, 3.05) is 19.8 Å². The van der Waals surface area contributed by atoms with Crippen LogP contribution in [0.3, 0.4) is 0 Å². The molecule has 1 fully saturated rings. The molecule has 4 heteroatoms. The van der Waals surface area contributed by atoms with Gasteiger partial charge >= 0.3 is 0 Å². The Labute approximate surface area is 209 Å². The van der Waals surface area contributed by atoms with Crippen molar-refractivity contribution in [3.8, 4) is 0 Å². The van der Waals surface area contributed by atoms with Crippen molar-refractivity contribution in [3.05, 3.63) is 35.9 Å². The molecule has 1 aliphatic rings. The highest BCUT2D eigenvalue weighted by molar-refractivity contribution is 5.13. The second-order valence-corrected chi connectivity index (χ2v) is 11.2. The molecule has 1 unspecified atom stereocenters. The molecule has 0 aliphatic carbocycles. The van der Waals surface area contributed by atoms with Gasteiger partial charge in [-0.15, -0.1) is 0 Å². The zero-order chi connectivity index (χ0) is 24.6. The third kappa shape index (κ3) is 13.2. The predicted octanol–water partition coefficient (Wildman–Crippen LogP) is 7.38. The van der Waals surface area contributed by atoms with Gasteiger partial charge < -0.3 is 19.3 Å². The van der Waals surface area contributed by atoms with Crippen molar-refractivity contribution in [1.82, 2.24) is 0 Å². The minimum Gasteiger partial charge on any atom is -0.396 e. The molecule has 1 N–H and O–H groups in total. The maximum atomic E-state index is 9.13. The molecule has 0 amide bonds. The lowest BCUT2D eigenvalue weighted by atomic mass is 9.90. The monoisotopic (exact) mass is 476 g/mol. The molecule has 0 bridgehead atoms. The van der Waals surface area contributed by atoms with Gasteiger partial charge in [0.05, 0.1) is 19.8 Å². The SMILES string of the molecule is C[C@H](CCC[C@H](C)CCC[C@H](C)CO)CCC[C@@H](C)CC1OC[C@@H](COCc2ccccc2)O1. The molecule has 1 heterocycles. The van der Waals surface area contributed by atoms with E-state index in [0.717, 1.165) is 24.7 Å². The van der Waals surface area contributed by atoms with Crippen LogP contribution in [0.5, 0.6) is 0 Å². The van der Waals surface area contributed by atoms with Gasteiger partial charge in [0.2, 0.25) is 0 Å². The van der Waals surface area contributed by atoms with Crippen molar-refractivity contribution < 1.29 is 19.3 Å². The van der Waals surface area contributed by atoms with E-state index in [0.29, 0.717) is 38.3 Å². The third-order valence-corrected chi connectivity index (χ3v) is 7.32. The fraction of sp³-hybridized carbons (Fsp3) is 0.800. The van der Waals surface area contributed by atoms with Gasteiger partial charge in [-0.1, -0.05) is 109 Å². The molecular weight excluding hydrogens is 424 g/mol. The lowest BCUT2D eigenvalue weighted by molar-refractivity contribution is -0.0835. The lowest BCUT2D eigenvalue weighted by Gasteiger charge is -2.18. The Morgan fingerprint density at radius 2 is 1.38 bits per heavy atom. The van der Waals surface area contributed by atoms with Crippen LogP contribution in [0.4, 0.5) is 0 Å². The van der Waals surface area contributed by atoms with E-state index in [4.69, 9.17) is 19.3 Å². The predicted molar refractivity (Wildman–Crippen MR) is 141 cm³/mol. The molecule has 0 spiro atoms. The summed E-state index contributed by atoms with van der Waals surface area (Å²) in [6.07, 6.45) is 12.6. The first-order valence-electron chi connectivity index (χ1n) is 14.0. The Kier molecular flexibility index (Phi) is 15.1. The third-order valence-electron chi connectivity index (χ3n) is 7.32. The standard InChI is InChI=1S/C30H52O4/c1-24(11-8-12-25(2)14-10-16-27(4)20-31)13-9-15-26(3)19-30-33-23-29(34-30)22-32-21-28-17-6-5-7-18-28/h5-7,17-18,24-27,29-31H,8-16,19-23H2,1-4H3/t24-,25+,26-,27+,29-,30?/m1/s1. The van der Waals surface area contributed by atoms with Crippen molar-refractivity contribution in [1.29, 1.82) is 0 Å². The van der Waals surface area contributed by atoms with Gasteiger partial charge in [0.15, 0.2) is 6.29 Å². The van der Waals surface area contributed by atoms with Crippen LogP contribution >= 0.6 is 0 Å². The Hall–Kier alpha value is -0.940. The van der Waals surface area contributed by atoms with Gasteiger partial charge in [-0.2, -0.15) is 0 Å². The summed E-state index contributed by atoms with van der Waals surface area (Å²) in [7, 11) is 0. The van der Waals surface area contributed by atoms with E-state index in [-0.39, 0.29) is 12.4 Å². The minimum atomic E-state index is -0.0698. The Balaban J connectivity index is 1.45. The molecule has 34 heavy (non-hydrogen) atoms. The minimum absolute atomic E-state index is 0.0569. The van der Waals surface area contributed by atoms with Crippen molar-refractivity contribution in [2.24, 2.45) is 23.7 Å². The summed E-state index contributed by atoms with van der Waals surface area (Å²) < 4.78 is 17.7. The maximum Gasteiger partial charge on any atom is 0.158 e. The molecule has 0 saturated carbocycles. The summed E-state index contributed by atoms with van der Waals surface area (Å²) in [5, 5.41) is 9.13. The molecular formula is C30H52O4. The molecule has 0 radical (unpaired) electrons. The number of aliphatic hydroxyl groups excluding tert-OH is 1. The highest BCUT2D eigenvalue weighted by atomic mass is 16.7. The van der Waals surface area contributed by atoms with E-state index in [9.17, 15) is 0 Å². The zero-order valence-corrected chi connectivity index (χ0v) is 22.4. The normalized spacial score (nSPS) is 21.9. The topological polar surface area (TPSA) is 47.9 Å². The van der Waals surface area contributed by atoms with E-state index in [1.165, 1.54) is 56.9 Å². The van der Waals surface area contributed by atoms with Gasteiger partial charge in [0.1, 0.15) is 6.10 Å². The first-order chi connectivity index (χ1) is 16.5. The van der Waals surface area contributed by atoms with Crippen molar-refractivity contribution >= 4 is 0 Å². The van der Waals surface area contributed by atoms with E-state index >= 15 is 0 Å². The van der Waals surface area contributed by atoms with Crippen LogP contribution in [-0.2, 0) is 20.8 Å². The van der Waals surface area contributed by atoms with Gasteiger partial charge in [-0.3, -0.25) is 0 Å². The molecule has 196 valence electrons. The molecule has 1 aromatic carbocycles. The van der Waals surface area contributed by atoms with Gasteiger partial charge in [0.25, 0.3) is 0 Å². The average Bonchev–Trinajstić information content (AvgIpc) is 3.26. The van der Waals surface area contributed by atoms with E-state index in [2.05, 4.69) is 39.8 Å². The average molecular weight is 477 g/mol. The fourth-order valence-electron chi connectivity index (χ4n) is 4.87. The molecule has 0 aromatic heterocycles. The van der Waals surface area contributed by atoms with E-state index in [1.807, 2.05) is 18.2 Å². The van der Waals surface area contributed by atoms with Crippen LogP contribution in [0.15, 0.2) is 30.3 Å². The number of hydrogen-bond acceptors (Lipinski definition) is 4. The fourth-order valence-corrected chi connectivity index (χ4v) is 4.87. The summed E-state index contributed by atoms with van der Waals surface area (Å²) >= 11 is 0. The molecule has 4 nitrogen and oxygen atoms in total. The van der Waals surface area contributed by atoms with Crippen LogP contribution < -0.4 is 0 Å². The summed E-state index contributed by atoms with van der Waals surface area (Å²) in [4.78, 5) is 0. The zero-order valence-electron chi connectivity index (χ0n) is 22.4. The molecule has 1 aliphatic heterocycles. The second kappa shape index (κ2) is 17.5. The maximum absolute atomic E-state index is 9.13. The molecule has 1 aromatic rings. The smallest absolute Gasteiger partial charge is 0.158 e. The van der Waals surface area contributed by atoms with E-state index in [1.54, 1.807) is 0 Å². The van der Waals surface area contributed by atoms with Crippen molar-refractivity contribution in [3.63, 3.8) is 0 Å². The van der Waals surface area contributed by atoms with E-state index < -0.39 is 0 Å². The molecule has 2 rings (SSSR count). The van der Waals surface area contributed by atoms with Gasteiger partial charge in [0, 0.05) is 13.0 Å². The summed E-state index contributed by atoms with van der Waals surface area (Å²) in [5.41, 5.74) is 1.19. The van der Waals surface area contributed by atoms with Crippen LogP contribution in [0.2, 0.25) is 0 Å². The number of ether oxygens (including phenoxy) is 3. The summed E-state index contributed by atoms with van der Waals surface area (Å²) in [6.45, 7) is 11.5. The number of hydrogen-bond donors (Lipinski definition) is 1. The van der Waals surface area contributed by atoms with Crippen LogP contribution in [0.1, 0.15) is 97.5 Å². The summed E-state index contributed by atoms with van der Waals surface area (Å²) in [6, 6.07) is 10.3. The highest BCUT2D eigenvalue weighted by Crippen LogP contribution is 2.25. The van der Waals surface area contributed by atoms with Crippen molar-refractivity contribution in [2.45, 2.75) is 111 Å². The first-order valence-corrected chi connectivity index (χ1v) is 14.0. The van der Waals surface area contributed by atoms with Crippen LogP contribution in [0, 0.1) is 23.7 Å². The first kappa shape index (κ1) is 29.3. The Bertz CT molecular complexity index is 607. The Morgan fingerprint density at radius 1 is 0.824 bits per heavy atom. The molecule has 6 atom stereocenters. The van der Waals surface area contributed by atoms with Crippen LogP contribution in [-0.4, -0.2) is 37.3 Å². The Morgan fingerprint density at radius 3 is 1.97 bits per heavy atom. The highest BCUT2D eigenvalue weighted by Gasteiger charge is 2.27. The largest absolute Gasteiger partial charge is 0.396 e. The number of rotatable bonds is 19. The second-order valence-electron chi connectivity index (χ2n) is 11.2. The number of aliphatic hydroxyl groups is 1. The summed E-state index contributed by atoms with van der Waals surface area (Å²) in [5.74, 6) is 2.72. The quantitative estimate of drug-likeness (QED) is 0.226. The molecule has 1 saturated heterocycles. The van der Waals surface area contributed by atoms with Gasteiger partial charge in [-0.25, -0.2) is 0 Å². The van der Waals surface area contributed by atoms with Crippen LogP contribution in [0.25, 0.3) is 0 Å².